The number of methoxy groups -OCH3 is 1. The van der Waals surface area contributed by atoms with Gasteiger partial charge in [-0.15, -0.1) is 0 Å². The fourth-order valence-corrected chi connectivity index (χ4v) is 2.22. The number of carbonyl (C=O) groups is 1. The number of aliphatic carboxylic acids is 1. The summed E-state index contributed by atoms with van der Waals surface area (Å²) in [5.41, 5.74) is 0.733. The molecule has 18 heavy (non-hydrogen) atoms. The Bertz CT molecular complexity index is 398. The van der Waals surface area contributed by atoms with E-state index in [1.54, 1.807) is 14.2 Å². The number of benzene rings is 1. The molecule has 0 aromatic heterocycles. The van der Waals surface area contributed by atoms with Crippen molar-refractivity contribution in [2.75, 3.05) is 14.2 Å². The minimum atomic E-state index is -0.823. The van der Waals surface area contributed by atoms with Crippen molar-refractivity contribution >= 4 is 5.97 Å². The van der Waals surface area contributed by atoms with Crippen LogP contribution in [0.25, 0.3) is 0 Å². The molecule has 0 aliphatic heterocycles. The number of hydrogen-bond acceptors (Lipinski definition) is 3. The Morgan fingerprint density at radius 3 is 2.33 bits per heavy atom. The van der Waals surface area contributed by atoms with Crippen LogP contribution in [0.2, 0.25) is 0 Å². The Kier molecular flexibility index (Phi) is 4.73. The maximum atomic E-state index is 11.2. The van der Waals surface area contributed by atoms with Gasteiger partial charge in [-0.25, -0.2) is 0 Å². The van der Waals surface area contributed by atoms with E-state index in [0.29, 0.717) is 6.42 Å². The smallest absolute Gasteiger partial charge is 0.321 e. The quantitative estimate of drug-likeness (QED) is 0.811. The largest absolute Gasteiger partial charge is 0.497 e. The van der Waals surface area contributed by atoms with Gasteiger partial charge in [0.05, 0.1) is 7.11 Å². The van der Waals surface area contributed by atoms with Crippen LogP contribution in [0.15, 0.2) is 24.3 Å². The highest BCUT2D eigenvalue weighted by Gasteiger charge is 2.34. The fourth-order valence-electron chi connectivity index (χ4n) is 2.22. The third kappa shape index (κ3) is 3.47. The van der Waals surface area contributed by atoms with Gasteiger partial charge in [0.2, 0.25) is 0 Å². The van der Waals surface area contributed by atoms with Gasteiger partial charge in [-0.2, -0.15) is 0 Å². The zero-order valence-corrected chi connectivity index (χ0v) is 11.4. The third-order valence-corrected chi connectivity index (χ3v) is 3.14. The summed E-state index contributed by atoms with van der Waals surface area (Å²) < 4.78 is 5.10. The third-order valence-electron chi connectivity index (χ3n) is 3.14. The highest BCUT2D eigenvalue weighted by Crippen LogP contribution is 2.27. The Balaban J connectivity index is 2.83. The molecule has 0 bridgehead atoms. The van der Waals surface area contributed by atoms with Crippen LogP contribution in [-0.2, 0) is 11.2 Å². The summed E-state index contributed by atoms with van der Waals surface area (Å²) in [4.78, 5) is 11.2. The van der Waals surface area contributed by atoms with E-state index in [2.05, 4.69) is 5.32 Å². The fraction of sp³-hybridized carbons (Fsp3) is 0.500. The molecule has 4 nitrogen and oxygen atoms in total. The standard InChI is InChI=1S/C14H21NO3/c1-14(2,12(15-3)13(16)17)9-10-5-7-11(18-4)8-6-10/h5-8,12,15H,9H2,1-4H3,(H,16,17)/t12-/m0/s1. The summed E-state index contributed by atoms with van der Waals surface area (Å²) in [6, 6.07) is 7.14. The Morgan fingerprint density at radius 2 is 1.94 bits per heavy atom. The van der Waals surface area contributed by atoms with Crippen LogP contribution in [0.3, 0.4) is 0 Å². The Labute approximate surface area is 108 Å². The van der Waals surface area contributed by atoms with E-state index in [-0.39, 0.29) is 5.41 Å². The van der Waals surface area contributed by atoms with Gasteiger partial charge in [-0.1, -0.05) is 26.0 Å². The number of rotatable bonds is 6. The number of ether oxygens (including phenoxy) is 1. The number of hydrogen-bond donors (Lipinski definition) is 2. The minimum absolute atomic E-state index is 0.366. The van der Waals surface area contributed by atoms with Gasteiger partial charge >= 0.3 is 5.97 Å². The molecule has 0 radical (unpaired) electrons. The zero-order valence-electron chi connectivity index (χ0n) is 11.4. The molecule has 0 spiro atoms. The number of likely N-dealkylation sites (N-methyl/N-ethyl adjacent to an activating group) is 1. The summed E-state index contributed by atoms with van der Waals surface area (Å²) in [5, 5.41) is 12.0. The lowest BCUT2D eigenvalue weighted by Gasteiger charge is -2.31. The molecule has 0 aliphatic rings. The number of carboxylic acid groups (broad SMARTS) is 1. The summed E-state index contributed by atoms with van der Waals surface area (Å²) in [7, 11) is 3.30. The molecule has 100 valence electrons. The first-order valence-electron chi connectivity index (χ1n) is 5.93. The first kappa shape index (κ1) is 14.5. The molecule has 2 N–H and O–H groups in total. The van der Waals surface area contributed by atoms with Crippen molar-refractivity contribution in [2.45, 2.75) is 26.3 Å². The van der Waals surface area contributed by atoms with Crippen LogP contribution in [0.4, 0.5) is 0 Å². The van der Waals surface area contributed by atoms with Gasteiger partial charge in [0, 0.05) is 0 Å². The van der Waals surface area contributed by atoms with Crippen molar-refractivity contribution in [1.29, 1.82) is 0 Å². The second kappa shape index (κ2) is 5.87. The average molecular weight is 251 g/mol. The summed E-state index contributed by atoms with van der Waals surface area (Å²) in [5.74, 6) is -0.0176. The monoisotopic (exact) mass is 251 g/mol. The van der Waals surface area contributed by atoms with Crippen molar-refractivity contribution in [3.05, 3.63) is 29.8 Å². The van der Waals surface area contributed by atoms with Gasteiger partial charge < -0.3 is 15.2 Å². The molecule has 0 heterocycles. The molecular weight excluding hydrogens is 230 g/mol. The summed E-state index contributed by atoms with van der Waals surface area (Å²) in [6.45, 7) is 3.90. The number of carboxylic acids is 1. The van der Waals surface area contributed by atoms with Gasteiger partial charge in [0.25, 0.3) is 0 Å². The van der Waals surface area contributed by atoms with Crippen LogP contribution >= 0.6 is 0 Å². The zero-order chi connectivity index (χ0) is 13.8. The predicted molar refractivity (Wildman–Crippen MR) is 71.0 cm³/mol. The Hall–Kier alpha value is -1.55. The van der Waals surface area contributed by atoms with Gasteiger partial charge in [-0.05, 0) is 36.6 Å². The molecule has 0 saturated heterocycles. The van der Waals surface area contributed by atoms with Crippen LogP contribution in [0, 0.1) is 5.41 Å². The molecule has 1 aromatic carbocycles. The van der Waals surface area contributed by atoms with Gasteiger partial charge in [-0.3, -0.25) is 4.79 Å². The average Bonchev–Trinajstić information content (AvgIpc) is 2.29. The van der Waals surface area contributed by atoms with Crippen molar-refractivity contribution in [3.8, 4) is 5.75 Å². The van der Waals surface area contributed by atoms with E-state index < -0.39 is 12.0 Å². The van der Waals surface area contributed by atoms with Crippen molar-refractivity contribution in [1.82, 2.24) is 5.32 Å². The molecule has 0 unspecified atom stereocenters. The highest BCUT2D eigenvalue weighted by molar-refractivity contribution is 5.74. The van der Waals surface area contributed by atoms with E-state index >= 15 is 0 Å². The lowest BCUT2D eigenvalue weighted by molar-refractivity contribution is -0.142. The topological polar surface area (TPSA) is 58.6 Å². The SMILES string of the molecule is CN[C@@H](C(=O)O)C(C)(C)Cc1ccc(OC)cc1. The van der Waals surface area contributed by atoms with Crippen molar-refractivity contribution in [3.63, 3.8) is 0 Å². The van der Waals surface area contributed by atoms with Gasteiger partial charge in [0.15, 0.2) is 0 Å². The molecule has 0 fully saturated rings. The summed E-state index contributed by atoms with van der Waals surface area (Å²) in [6.07, 6.45) is 0.689. The van der Waals surface area contributed by atoms with E-state index in [1.807, 2.05) is 38.1 Å². The molecular formula is C14H21NO3. The van der Waals surface area contributed by atoms with Crippen molar-refractivity contribution < 1.29 is 14.6 Å². The van der Waals surface area contributed by atoms with E-state index in [0.717, 1.165) is 11.3 Å². The maximum Gasteiger partial charge on any atom is 0.321 e. The molecule has 1 rings (SSSR count). The lowest BCUT2D eigenvalue weighted by Crippen LogP contribution is -2.47. The first-order valence-corrected chi connectivity index (χ1v) is 5.93. The molecule has 0 amide bonds. The second-order valence-corrected chi connectivity index (χ2v) is 5.07. The molecule has 0 saturated carbocycles. The van der Waals surface area contributed by atoms with E-state index in [9.17, 15) is 9.90 Å². The van der Waals surface area contributed by atoms with E-state index in [4.69, 9.17) is 4.74 Å². The lowest BCUT2D eigenvalue weighted by atomic mass is 9.79. The normalized spacial score (nSPS) is 13.1. The van der Waals surface area contributed by atoms with Crippen LogP contribution in [0.1, 0.15) is 19.4 Å². The maximum absolute atomic E-state index is 11.2. The molecule has 0 aliphatic carbocycles. The van der Waals surface area contributed by atoms with Crippen LogP contribution in [0.5, 0.6) is 5.75 Å². The van der Waals surface area contributed by atoms with Crippen molar-refractivity contribution in [2.24, 2.45) is 5.41 Å². The molecule has 1 aromatic rings. The summed E-state index contributed by atoms with van der Waals surface area (Å²) >= 11 is 0. The predicted octanol–water partition coefficient (Wildman–Crippen LogP) is 1.94. The molecule has 4 heteroatoms. The van der Waals surface area contributed by atoms with Gasteiger partial charge in [0.1, 0.15) is 11.8 Å². The van der Waals surface area contributed by atoms with E-state index in [1.165, 1.54) is 0 Å². The highest BCUT2D eigenvalue weighted by atomic mass is 16.5. The number of nitrogens with one attached hydrogen (secondary N) is 1. The molecule has 1 atom stereocenters. The van der Waals surface area contributed by atoms with Crippen LogP contribution < -0.4 is 10.1 Å². The Morgan fingerprint density at radius 1 is 1.39 bits per heavy atom. The van der Waals surface area contributed by atoms with Crippen LogP contribution in [-0.4, -0.2) is 31.3 Å². The first-order chi connectivity index (χ1) is 8.40. The second-order valence-electron chi connectivity index (χ2n) is 5.07. The minimum Gasteiger partial charge on any atom is -0.497 e.